The highest BCUT2D eigenvalue weighted by atomic mass is 31.1. The molecule has 1 aromatic heterocycles. The monoisotopic (exact) mass is 434 g/mol. The third kappa shape index (κ3) is 8.13. The van der Waals surface area contributed by atoms with Crippen LogP contribution in [0.2, 0.25) is 0 Å². The third-order valence-corrected chi connectivity index (χ3v) is 4.94. The van der Waals surface area contributed by atoms with E-state index in [2.05, 4.69) is 33.6 Å². The van der Waals surface area contributed by atoms with Crippen LogP contribution in [0.4, 0.5) is 23.3 Å². The average Bonchev–Trinajstić information content (AvgIpc) is 2.71. The lowest BCUT2D eigenvalue weighted by Gasteiger charge is -2.23. The van der Waals surface area contributed by atoms with Gasteiger partial charge >= 0.3 is 0 Å². The Morgan fingerprint density at radius 3 is 2.60 bits per heavy atom. The smallest absolute Gasteiger partial charge is 0.226 e. The number of hydrogen-bond acceptors (Lipinski definition) is 7. The normalized spacial score (nSPS) is 11.1. The number of amides is 1. The summed E-state index contributed by atoms with van der Waals surface area (Å²) in [6.45, 7) is 9.27. The largest absolute Gasteiger partial charge is 0.382 e. The Hall–Kier alpha value is -2.44. The second-order valence-electron chi connectivity index (χ2n) is 6.67. The fraction of sp³-hybridized carbons (Fsp3) is 0.476. The van der Waals surface area contributed by atoms with Crippen molar-refractivity contribution < 1.29 is 9.69 Å². The zero-order valence-corrected chi connectivity index (χ0v) is 19.5. The Balaban J connectivity index is 0.00000218. The van der Waals surface area contributed by atoms with E-state index in [1.165, 1.54) is 0 Å². The van der Waals surface area contributed by atoms with Crippen LogP contribution in [0.15, 0.2) is 24.3 Å². The molecule has 0 aliphatic rings. The van der Waals surface area contributed by atoms with Crippen molar-refractivity contribution in [3.8, 4) is 0 Å². The molecule has 1 heterocycles. The van der Waals surface area contributed by atoms with Gasteiger partial charge in [0.25, 0.3) is 0 Å². The van der Waals surface area contributed by atoms with Gasteiger partial charge in [0.15, 0.2) is 11.6 Å². The van der Waals surface area contributed by atoms with Crippen molar-refractivity contribution in [1.29, 1.82) is 0 Å². The number of anilines is 4. The highest BCUT2D eigenvalue weighted by Crippen LogP contribution is 2.31. The average molecular weight is 435 g/mol. The van der Waals surface area contributed by atoms with Gasteiger partial charge in [-0.1, -0.05) is 51.5 Å². The standard InChI is InChI=1S/C19H29N6O2P.C2H6/c1-4-5-9-21-19-23-17(20)16(22-13-26)18(24-19)25(2)11-14-7-6-8-15(10-14)12-28(3)27;1-2/h6-8,10,13,27H,4-5,9,11-12H2,1-3H3,(H,22,26)(H3,20,21,23,24);1-2H3. The van der Waals surface area contributed by atoms with Crippen LogP contribution in [0.25, 0.3) is 0 Å². The molecule has 0 aliphatic heterocycles. The molecule has 0 bridgehead atoms. The Labute approximate surface area is 181 Å². The van der Waals surface area contributed by atoms with Crippen LogP contribution >= 0.6 is 8.15 Å². The molecule has 0 spiro atoms. The van der Waals surface area contributed by atoms with Gasteiger partial charge in [0, 0.05) is 34.4 Å². The van der Waals surface area contributed by atoms with Crippen molar-refractivity contribution in [2.75, 3.05) is 41.5 Å². The second kappa shape index (κ2) is 13.7. The van der Waals surface area contributed by atoms with Crippen molar-refractivity contribution >= 4 is 37.8 Å². The van der Waals surface area contributed by atoms with Gasteiger partial charge in [-0.15, -0.1) is 0 Å². The molecule has 9 heteroatoms. The number of carbonyl (C=O) groups is 1. The first-order valence-electron chi connectivity index (χ1n) is 10.2. The number of hydrogen-bond donors (Lipinski definition) is 4. The molecule has 30 heavy (non-hydrogen) atoms. The van der Waals surface area contributed by atoms with E-state index >= 15 is 0 Å². The van der Waals surface area contributed by atoms with Crippen LogP contribution in [0.5, 0.6) is 0 Å². The van der Waals surface area contributed by atoms with E-state index in [0.29, 0.717) is 36.6 Å². The van der Waals surface area contributed by atoms with Crippen molar-refractivity contribution in [3.63, 3.8) is 0 Å². The summed E-state index contributed by atoms with van der Waals surface area (Å²) in [7, 11) is 0.900. The summed E-state index contributed by atoms with van der Waals surface area (Å²) in [4.78, 5) is 31.4. The fourth-order valence-corrected chi connectivity index (χ4v) is 3.56. The quantitative estimate of drug-likeness (QED) is 0.240. The number of nitrogens with two attached hydrogens (primary N) is 1. The number of benzene rings is 1. The third-order valence-electron chi connectivity index (χ3n) is 4.12. The molecule has 5 N–H and O–H groups in total. The molecule has 2 aromatic rings. The van der Waals surface area contributed by atoms with Gasteiger partial charge in [0.1, 0.15) is 5.69 Å². The van der Waals surface area contributed by atoms with Gasteiger partial charge in [-0.2, -0.15) is 9.97 Å². The van der Waals surface area contributed by atoms with Gasteiger partial charge in [-0.3, -0.25) is 4.79 Å². The topological polar surface area (TPSA) is 116 Å². The number of rotatable bonds is 11. The first-order chi connectivity index (χ1) is 14.4. The molecule has 166 valence electrons. The number of carbonyl (C=O) groups excluding carboxylic acids is 1. The molecular weight excluding hydrogens is 399 g/mol. The molecule has 0 saturated carbocycles. The molecular formula is C21H35N6O2P. The molecule has 1 unspecified atom stereocenters. The lowest BCUT2D eigenvalue weighted by Crippen LogP contribution is -2.22. The SMILES string of the molecule is CC.CCCCNc1nc(N)c(NC=O)c(N(C)Cc2cccc(CP(C)O)c2)n1. The zero-order chi connectivity index (χ0) is 22.5. The summed E-state index contributed by atoms with van der Waals surface area (Å²) >= 11 is 0. The van der Waals surface area contributed by atoms with Gasteiger partial charge < -0.3 is 26.2 Å². The molecule has 0 radical (unpaired) electrons. The zero-order valence-electron chi connectivity index (χ0n) is 18.6. The number of unbranched alkanes of at least 4 members (excludes halogenated alkanes) is 1. The van der Waals surface area contributed by atoms with E-state index in [-0.39, 0.29) is 5.82 Å². The first-order valence-corrected chi connectivity index (χ1v) is 12.2. The number of aromatic nitrogens is 2. The van der Waals surface area contributed by atoms with E-state index in [1.54, 1.807) is 0 Å². The fourth-order valence-electron chi connectivity index (χ4n) is 2.83. The van der Waals surface area contributed by atoms with E-state index < -0.39 is 8.15 Å². The minimum absolute atomic E-state index is 0.216. The summed E-state index contributed by atoms with van der Waals surface area (Å²) in [6.07, 6.45) is 3.29. The van der Waals surface area contributed by atoms with Crippen molar-refractivity contribution in [2.45, 2.75) is 46.3 Å². The predicted molar refractivity (Wildman–Crippen MR) is 128 cm³/mol. The number of nitrogen functional groups attached to an aromatic ring is 1. The molecule has 0 fully saturated rings. The molecule has 1 amide bonds. The molecule has 0 saturated heterocycles. The Morgan fingerprint density at radius 2 is 1.97 bits per heavy atom. The van der Waals surface area contributed by atoms with Crippen molar-refractivity contribution in [2.24, 2.45) is 0 Å². The summed E-state index contributed by atoms with van der Waals surface area (Å²) in [6, 6.07) is 8.08. The maximum atomic E-state index is 11.0. The van der Waals surface area contributed by atoms with Crippen LogP contribution in [0.1, 0.15) is 44.7 Å². The molecule has 1 atom stereocenters. The summed E-state index contributed by atoms with van der Waals surface area (Å²) in [5.74, 6) is 1.20. The highest BCUT2D eigenvalue weighted by Gasteiger charge is 2.16. The number of nitrogens with one attached hydrogen (secondary N) is 2. The van der Waals surface area contributed by atoms with Crippen LogP contribution in [-0.2, 0) is 17.5 Å². The Kier molecular flexibility index (Phi) is 11.7. The lowest BCUT2D eigenvalue weighted by atomic mass is 10.1. The molecule has 0 aliphatic carbocycles. The first kappa shape index (κ1) is 25.6. The summed E-state index contributed by atoms with van der Waals surface area (Å²) in [5, 5.41) is 5.79. The lowest BCUT2D eigenvalue weighted by molar-refractivity contribution is -0.105. The minimum Gasteiger partial charge on any atom is -0.382 e. The van der Waals surface area contributed by atoms with Crippen LogP contribution < -0.4 is 21.3 Å². The highest BCUT2D eigenvalue weighted by molar-refractivity contribution is 7.49. The van der Waals surface area contributed by atoms with Crippen LogP contribution in [0, 0.1) is 0 Å². The molecule has 2 rings (SSSR count). The molecule has 1 aromatic carbocycles. The minimum atomic E-state index is -0.988. The van der Waals surface area contributed by atoms with E-state index in [4.69, 9.17) is 5.73 Å². The Bertz CT molecular complexity index is 788. The number of nitrogens with zero attached hydrogens (tertiary/aromatic N) is 3. The van der Waals surface area contributed by atoms with Crippen LogP contribution in [-0.4, -0.2) is 41.5 Å². The van der Waals surface area contributed by atoms with E-state index in [1.807, 2.05) is 50.7 Å². The summed E-state index contributed by atoms with van der Waals surface area (Å²) in [5.41, 5.74) is 8.62. The summed E-state index contributed by atoms with van der Waals surface area (Å²) < 4.78 is 0. The van der Waals surface area contributed by atoms with E-state index in [0.717, 1.165) is 30.5 Å². The maximum absolute atomic E-state index is 11.0. The maximum Gasteiger partial charge on any atom is 0.226 e. The Morgan fingerprint density at radius 1 is 1.27 bits per heavy atom. The van der Waals surface area contributed by atoms with Gasteiger partial charge in [-0.25, -0.2) is 0 Å². The van der Waals surface area contributed by atoms with Gasteiger partial charge in [-0.05, 0) is 24.2 Å². The van der Waals surface area contributed by atoms with Crippen molar-refractivity contribution in [3.05, 3.63) is 35.4 Å². The van der Waals surface area contributed by atoms with Crippen molar-refractivity contribution in [1.82, 2.24) is 9.97 Å². The van der Waals surface area contributed by atoms with Gasteiger partial charge in [0.05, 0.1) is 0 Å². The molecule has 8 nitrogen and oxygen atoms in total. The van der Waals surface area contributed by atoms with E-state index in [9.17, 15) is 9.69 Å². The predicted octanol–water partition coefficient (Wildman–Crippen LogP) is 4.02. The van der Waals surface area contributed by atoms with Gasteiger partial charge in [0.2, 0.25) is 12.4 Å². The van der Waals surface area contributed by atoms with Crippen LogP contribution in [0.3, 0.4) is 0 Å². The second-order valence-corrected chi connectivity index (χ2v) is 8.30.